The fourth-order valence-corrected chi connectivity index (χ4v) is 4.74. The van der Waals surface area contributed by atoms with Crippen molar-refractivity contribution in [2.24, 2.45) is 0 Å². The van der Waals surface area contributed by atoms with Crippen molar-refractivity contribution < 1.29 is 9.13 Å². The van der Waals surface area contributed by atoms with Gasteiger partial charge in [-0.2, -0.15) is 0 Å². The second-order valence-corrected chi connectivity index (χ2v) is 8.61. The van der Waals surface area contributed by atoms with Gasteiger partial charge in [0.2, 0.25) is 0 Å². The van der Waals surface area contributed by atoms with E-state index in [4.69, 9.17) is 4.74 Å². The van der Waals surface area contributed by atoms with Crippen molar-refractivity contribution in [3.05, 3.63) is 119 Å². The molecular weight excluding hydrogens is 411 g/mol. The van der Waals surface area contributed by atoms with Crippen LogP contribution in [0.25, 0.3) is 6.08 Å². The molecule has 0 amide bonds. The first kappa shape index (κ1) is 21.6. The number of fused-ring (bicyclic) bond motifs is 2. The molecule has 3 nitrogen and oxygen atoms in total. The van der Waals surface area contributed by atoms with Crippen LogP contribution >= 0.6 is 0 Å². The second-order valence-electron chi connectivity index (χ2n) is 8.61. The lowest BCUT2D eigenvalue weighted by atomic mass is 9.93. The molecule has 2 heterocycles. The molecule has 3 aromatic carbocycles. The van der Waals surface area contributed by atoms with Gasteiger partial charge in [-0.05, 0) is 34.9 Å². The fourth-order valence-electron chi connectivity index (χ4n) is 4.74. The van der Waals surface area contributed by atoms with E-state index in [0.717, 1.165) is 44.0 Å². The first-order valence-electron chi connectivity index (χ1n) is 11.6. The van der Waals surface area contributed by atoms with Crippen molar-refractivity contribution in [1.29, 1.82) is 0 Å². The third kappa shape index (κ3) is 5.08. The van der Waals surface area contributed by atoms with E-state index < -0.39 is 0 Å². The Labute approximate surface area is 195 Å². The smallest absolute Gasteiger partial charge is 0.125 e. The van der Waals surface area contributed by atoms with Gasteiger partial charge in [-0.1, -0.05) is 78.9 Å². The molecule has 0 aromatic heterocycles. The molecule has 0 bridgehead atoms. The van der Waals surface area contributed by atoms with Crippen LogP contribution in [0.1, 0.15) is 28.3 Å². The summed E-state index contributed by atoms with van der Waals surface area (Å²) in [7, 11) is 0. The van der Waals surface area contributed by atoms with Crippen LogP contribution < -0.4 is 4.74 Å². The average Bonchev–Trinajstić information content (AvgIpc) is 3.01. The van der Waals surface area contributed by atoms with E-state index in [0.29, 0.717) is 6.61 Å². The van der Waals surface area contributed by atoms with Crippen molar-refractivity contribution in [3.63, 3.8) is 0 Å². The average molecular weight is 441 g/mol. The van der Waals surface area contributed by atoms with Gasteiger partial charge in [-0.15, -0.1) is 0 Å². The molecule has 5 rings (SSSR count). The van der Waals surface area contributed by atoms with Crippen molar-refractivity contribution in [2.45, 2.75) is 12.6 Å². The molecule has 2 aliphatic heterocycles. The summed E-state index contributed by atoms with van der Waals surface area (Å²) in [5.74, 6) is 0.572. The molecule has 1 atom stereocenters. The third-order valence-electron chi connectivity index (χ3n) is 6.47. The number of halogens is 1. The van der Waals surface area contributed by atoms with Crippen molar-refractivity contribution in [3.8, 4) is 5.75 Å². The lowest BCUT2D eigenvalue weighted by Gasteiger charge is -2.39. The minimum absolute atomic E-state index is 0.0147. The molecule has 0 N–H and O–H groups in total. The molecule has 1 fully saturated rings. The topological polar surface area (TPSA) is 15.7 Å². The van der Waals surface area contributed by atoms with E-state index in [9.17, 15) is 4.39 Å². The summed E-state index contributed by atoms with van der Waals surface area (Å²) in [5, 5.41) is 0. The van der Waals surface area contributed by atoms with E-state index >= 15 is 0 Å². The monoisotopic (exact) mass is 440 g/mol. The second kappa shape index (κ2) is 10.2. The van der Waals surface area contributed by atoms with Crippen molar-refractivity contribution in [1.82, 2.24) is 9.80 Å². The highest BCUT2D eigenvalue weighted by molar-refractivity contribution is 5.50. The Kier molecular flexibility index (Phi) is 6.66. The predicted octanol–water partition coefficient (Wildman–Crippen LogP) is 5.69. The maximum absolute atomic E-state index is 14.2. The van der Waals surface area contributed by atoms with E-state index in [1.165, 1.54) is 22.8 Å². The van der Waals surface area contributed by atoms with Crippen LogP contribution in [0, 0.1) is 5.82 Å². The lowest BCUT2D eigenvalue weighted by molar-refractivity contribution is 0.117. The standard InChI is InChI=1S/C29H29FN2O/c30-25-14-15-28-27(21-25)29(26-13-7-6-12-24(26)22-33-28)32-19-17-31(18-20-32)16-8-2-5-11-23-9-3-1-4-10-23/h1-15,21,29H,16-20,22H2/b8-2+,11-5+. The Balaban J connectivity index is 1.26. The molecule has 2 aliphatic rings. The van der Waals surface area contributed by atoms with Crippen LogP contribution in [-0.4, -0.2) is 42.5 Å². The molecule has 33 heavy (non-hydrogen) atoms. The molecule has 0 aliphatic carbocycles. The zero-order valence-corrected chi connectivity index (χ0v) is 18.7. The van der Waals surface area contributed by atoms with Crippen molar-refractivity contribution in [2.75, 3.05) is 32.7 Å². The number of nitrogens with zero attached hydrogens (tertiary/aromatic N) is 2. The number of ether oxygens (including phenoxy) is 1. The molecule has 1 unspecified atom stereocenters. The van der Waals surface area contributed by atoms with Gasteiger partial charge in [0.15, 0.2) is 0 Å². The van der Waals surface area contributed by atoms with Crippen LogP contribution in [-0.2, 0) is 6.61 Å². The Morgan fingerprint density at radius 1 is 0.848 bits per heavy atom. The van der Waals surface area contributed by atoms with Gasteiger partial charge in [0, 0.05) is 38.3 Å². The largest absolute Gasteiger partial charge is 0.489 e. The van der Waals surface area contributed by atoms with Gasteiger partial charge < -0.3 is 4.74 Å². The van der Waals surface area contributed by atoms with Gasteiger partial charge in [0.1, 0.15) is 18.2 Å². The summed E-state index contributed by atoms with van der Waals surface area (Å²) in [6.07, 6.45) is 8.56. The van der Waals surface area contributed by atoms with E-state index in [-0.39, 0.29) is 11.9 Å². The maximum Gasteiger partial charge on any atom is 0.125 e. The quantitative estimate of drug-likeness (QED) is 0.474. The molecule has 168 valence electrons. The highest BCUT2D eigenvalue weighted by Crippen LogP contribution is 2.40. The lowest BCUT2D eigenvalue weighted by Crippen LogP contribution is -2.47. The Morgan fingerprint density at radius 2 is 1.64 bits per heavy atom. The molecule has 1 saturated heterocycles. The minimum Gasteiger partial charge on any atom is -0.489 e. The first-order valence-corrected chi connectivity index (χ1v) is 11.6. The minimum atomic E-state index is -0.214. The normalized spacial score (nSPS) is 19.2. The van der Waals surface area contributed by atoms with Crippen LogP contribution in [0.15, 0.2) is 91.0 Å². The summed E-state index contributed by atoms with van der Waals surface area (Å²) in [5.41, 5.74) is 4.54. The van der Waals surface area contributed by atoms with Crippen LogP contribution in [0.5, 0.6) is 5.75 Å². The summed E-state index contributed by atoms with van der Waals surface area (Å²) < 4.78 is 20.3. The summed E-state index contributed by atoms with van der Waals surface area (Å²) in [4.78, 5) is 4.94. The number of rotatable bonds is 5. The molecular formula is C29H29FN2O. The Hall–Kier alpha value is -3.21. The zero-order chi connectivity index (χ0) is 22.5. The highest BCUT2D eigenvalue weighted by atomic mass is 19.1. The van der Waals surface area contributed by atoms with Gasteiger partial charge in [-0.3, -0.25) is 9.80 Å². The fraction of sp³-hybridized carbons (Fsp3) is 0.241. The SMILES string of the molecule is Fc1ccc2c(c1)C(N1CCN(C/C=C/C=C/c3ccccc3)CC1)c1ccccc1CO2. The van der Waals surface area contributed by atoms with Gasteiger partial charge in [0.05, 0.1) is 6.04 Å². The van der Waals surface area contributed by atoms with Crippen LogP contribution in [0.3, 0.4) is 0 Å². The van der Waals surface area contributed by atoms with E-state index in [2.05, 4.69) is 76.6 Å². The number of piperazine rings is 1. The Morgan fingerprint density at radius 3 is 2.48 bits per heavy atom. The Bertz CT molecular complexity index is 1130. The molecule has 3 aromatic rings. The highest BCUT2D eigenvalue weighted by Gasteiger charge is 2.31. The summed E-state index contributed by atoms with van der Waals surface area (Å²) in [6, 6.07) is 23.7. The first-order chi connectivity index (χ1) is 16.3. The third-order valence-corrected chi connectivity index (χ3v) is 6.47. The number of benzene rings is 3. The molecule has 0 radical (unpaired) electrons. The van der Waals surface area contributed by atoms with Crippen molar-refractivity contribution >= 4 is 6.08 Å². The van der Waals surface area contributed by atoms with Gasteiger partial charge >= 0.3 is 0 Å². The van der Waals surface area contributed by atoms with E-state index in [1.807, 2.05) is 12.1 Å². The molecule has 0 spiro atoms. The molecule has 4 heteroatoms. The van der Waals surface area contributed by atoms with Crippen LogP contribution in [0.2, 0.25) is 0 Å². The van der Waals surface area contributed by atoms with E-state index in [1.54, 1.807) is 12.1 Å². The van der Waals surface area contributed by atoms with Gasteiger partial charge in [-0.25, -0.2) is 4.39 Å². The predicted molar refractivity (Wildman–Crippen MR) is 132 cm³/mol. The molecule has 0 saturated carbocycles. The number of hydrogen-bond donors (Lipinski definition) is 0. The van der Waals surface area contributed by atoms with Gasteiger partial charge in [0.25, 0.3) is 0 Å². The zero-order valence-electron chi connectivity index (χ0n) is 18.7. The number of allylic oxidation sites excluding steroid dienone is 2. The summed E-state index contributed by atoms with van der Waals surface area (Å²) in [6.45, 7) is 5.29. The summed E-state index contributed by atoms with van der Waals surface area (Å²) >= 11 is 0. The maximum atomic E-state index is 14.2. The van der Waals surface area contributed by atoms with Crippen LogP contribution in [0.4, 0.5) is 4.39 Å². The number of hydrogen-bond acceptors (Lipinski definition) is 3.